The minimum Gasteiger partial charge on any atom is -0.299 e. The SMILES string of the molecule is Cn1cc(CC(=O)C2CCc3ccccc3C2)cn1. The van der Waals surface area contributed by atoms with Gasteiger partial charge in [0.2, 0.25) is 0 Å². The van der Waals surface area contributed by atoms with E-state index in [1.165, 1.54) is 11.1 Å². The molecule has 1 aliphatic carbocycles. The number of nitrogens with zero attached hydrogens (tertiary/aromatic N) is 2. The molecular weight excluding hydrogens is 236 g/mol. The van der Waals surface area contributed by atoms with Crippen LogP contribution in [0.2, 0.25) is 0 Å². The second-order valence-electron chi connectivity index (χ2n) is 5.37. The fourth-order valence-corrected chi connectivity index (χ4v) is 2.88. The van der Waals surface area contributed by atoms with E-state index in [2.05, 4.69) is 29.4 Å². The van der Waals surface area contributed by atoms with Crippen molar-refractivity contribution in [3.05, 3.63) is 53.3 Å². The monoisotopic (exact) mass is 254 g/mol. The highest BCUT2D eigenvalue weighted by molar-refractivity contribution is 5.83. The second kappa shape index (κ2) is 5.00. The third-order valence-corrected chi connectivity index (χ3v) is 3.94. The van der Waals surface area contributed by atoms with Crippen LogP contribution in [0, 0.1) is 5.92 Å². The number of Topliss-reactive ketones (excluding diaryl/α,β-unsaturated/α-hetero) is 1. The molecule has 1 unspecified atom stereocenters. The van der Waals surface area contributed by atoms with Crippen molar-refractivity contribution in [1.29, 1.82) is 0 Å². The van der Waals surface area contributed by atoms with Gasteiger partial charge in [0.25, 0.3) is 0 Å². The smallest absolute Gasteiger partial charge is 0.140 e. The Bertz CT molecular complexity index is 600. The van der Waals surface area contributed by atoms with Crippen molar-refractivity contribution in [3.63, 3.8) is 0 Å². The second-order valence-corrected chi connectivity index (χ2v) is 5.37. The summed E-state index contributed by atoms with van der Waals surface area (Å²) in [5.74, 6) is 0.526. The highest BCUT2D eigenvalue weighted by Gasteiger charge is 2.24. The Morgan fingerprint density at radius 2 is 2.16 bits per heavy atom. The lowest BCUT2D eigenvalue weighted by Gasteiger charge is -2.23. The summed E-state index contributed by atoms with van der Waals surface area (Å²) >= 11 is 0. The standard InChI is InChI=1S/C16H18N2O/c1-18-11-12(10-17-18)8-16(19)15-7-6-13-4-2-3-5-14(13)9-15/h2-5,10-11,15H,6-9H2,1H3. The van der Waals surface area contributed by atoms with E-state index < -0.39 is 0 Å². The van der Waals surface area contributed by atoms with Crippen molar-refractivity contribution in [2.75, 3.05) is 0 Å². The maximum absolute atomic E-state index is 12.3. The number of benzene rings is 1. The van der Waals surface area contributed by atoms with Crippen molar-refractivity contribution in [1.82, 2.24) is 9.78 Å². The summed E-state index contributed by atoms with van der Waals surface area (Å²) in [5.41, 5.74) is 3.78. The largest absolute Gasteiger partial charge is 0.299 e. The van der Waals surface area contributed by atoms with Gasteiger partial charge in [-0.1, -0.05) is 24.3 Å². The minimum atomic E-state index is 0.176. The van der Waals surface area contributed by atoms with E-state index in [4.69, 9.17) is 0 Å². The van der Waals surface area contributed by atoms with Gasteiger partial charge in [0.05, 0.1) is 6.20 Å². The minimum absolute atomic E-state index is 0.176. The van der Waals surface area contributed by atoms with Gasteiger partial charge in [-0.15, -0.1) is 0 Å². The van der Waals surface area contributed by atoms with E-state index in [1.54, 1.807) is 10.9 Å². The van der Waals surface area contributed by atoms with Gasteiger partial charge in [0, 0.05) is 25.6 Å². The molecule has 3 rings (SSSR count). The number of fused-ring (bicyclic) bond motifs is 1. The van der Waals surface area contributed by atoms with Gasteiger partial charge >= 0.3 is 0 Å². The van der Waals surface area contributed by atoms with Crippen molar-refractivity contribution < 1.29 is 4.79 Å². The lowest BCUT2D eigenvalue weighted by Crippen LogP contribution is -2.24. The van der Waals surface area contributed by atoms with Crippen LogP contribution in [-0.2, 0) is 31.1 Å². The summed E-state index contributed by atoms with van der Waals surface area (Å²) in [6.07, 6.45) is 7.13. The zero-order valence-electron chi connectivity index (χ0n) is 11.2. The molecule has 3 nitrogen and oxygen atoms in total. The summed E-state index contributed by atoms with van der Waals surface area (Å²) < 4.78 is 1.75. The lowest BCUT2D eigenvalue weighted by atomic mass is 9.80. The topological polar surface area (TPSA) is 34.9 Å². The average Bonchev–Trinajstić information content (AvgIpc) is 2.83. The molecule has 1 aromatic heterocycles. The summed E-state index contributed by atoms with van der Waals surface area (Å²) in [6, 6.07) is 8.47. The molecule has 0 radical (unpaired) electrons. The zero-order chi connectivity index (χ0) is 13.2. The Kier molecular flexibility index (Phi) is 3.20. The van der Waals surface area contributed by atoms with Gasteiger partial charge in [-0.3, -0.25) is 9.48 Å². The summed E-state index contributed by atoms with van der Waals surface area (Å²) in [7, 11) is 1.88. The molecule has 1 atom stereocenters. The van der Waals surface area contributed by atoms with Gasteiger partial charge in [-0.25, -0.2) is 0 Å². The van der Waals surface area contributed by atoms with Crippen LogP contribution < -0.4 is 0 Å². The number of carbonyl (C=O) groups excluding carboxylic acids is 1. The Balaban J connectivity index is 1.69. The number of carbonyl (C=O) groups is 1. The number of rotatable bonds is 3. The van der Waals surface area contributed by atoms with E-state index >= 15 is 0 Å². The maximum Gasteiger partial charge on any atom is 0.140 e. The molecular formula is C16H18N2O. The number of aromatic nitrogens is 2. The summed E-state index contributed by atoms with van der Waals surface area (Å²) in [5, 5.41) is 4.12. The van der Waals surface area contributed by atoms with Crippen LogP contribution in [0.25, 0.3) is 0 Å². The molecule has 0 bridgehead atoms. The molecule has 1 aliphatic rings. The Morgan fingerprint density at radius 3 is 2.89 bits per heavy atom. The van der Waals surface area contributed by atoms with Gasteiger partial charge < -0.3 is 0 Å². The van der Waals surface area contributed by atoms with Crippen molar-refractivity contribution in [2.24, 2.45) is 13.0 Å². The van der Waals surface area contributed by atoms with Gasteiger partial charge in [-0.2, -0.15) is 5.10 Å². The number of hydrogen-bond acceptors (Lipinski definition) is 2. The molecule has 0 N–H and O–H groups in total. The molecule has 0 saturated carbocycles. The predicted molar refractivity (Wildman–Crippen MR) is 73.9 cm³/mol. The van der Waals surface area contributed by atoms with Gasteiger partial charge in [-0.05, 0) is 36.0 Å². The highest BCUT2D eigenvalue weighted by atomic mass is 16.1. The summed E-state index contributed by atoms with van der Waals surface area (Å²) in [4.78, 5) is 12.3. The van der Waals surface area contributed by atoms with E-state index in [1.807, 2.05) is 13.2 Å². The maximum atomic E-state index is 12.3. The average molecular weight is 254 g/mol. The lowest BCUT2D eigenvalue weighted by molar-refractivity contribution is -0.122. The fraction of sp³-hybridized carbons (Fsp3) is 0.375. The Morgan fingerprint density at radius 1 is 1.37 bits per heavy atom. The van der Waals surface area contributed by atoms with Crippen LogP contribution >= 0.6 is 0 Å². The van der Waals surface area contributed by atoms with Crippen LogP contribution in [0.4, 0.5) is 0 Å². The molecule has 1 heterocycles. The van der Waals surface area contributed by atoms with Crippen molar-refractivity contribution >= 4 is 5.78 Å². The zero-order valence-corrected chi connectivity index (χ0v) is 11.2. The first-order valence-corrected chi connectivity index (χ1v) is 6.79. The van der Waals surface area contributed by atoms with E-state index in [0.29, 0.717) is 12.2 Å². The summed E-state index contributed by atoms with van der Waals surface area (Å²) in [6.45, 7) is 0. The van der Waals surface area contributed by atoms with Crippen LogP contribution in [0.15, 0.2) is 36.7 Å². The molecule has 98 valence electrons. The third kappa shape index (κ3) is 2.60. The van der Waals surface area contributed by atoms with Crippen LogP contribution in [0.3, 0.4) is 0 Å². The molecule has 2 aromatic rings. The first-order valence-electron chi connectivity index (χ1n) is 6.79. The van der Waals surface area contributed by atoms with Crippen molar-refractivity contribution in [2.45, 2.75) is 25.7 Å². The van der Waals surface area contributed by atoms with Gasteiger partial charge in [0.1, 0.15) is 5.78 Å². The van der Waals surface area contributed by atoms with Crippen LogP contribution in [-0.4, -0.2) is 15.6 Å². The quantitative estimate of drug-likeness (QED) is 0.842. The Hall–Kier alpha value is -1.90. The Labute approximate surface area is 113 Å². The molecule has 1 aromatic carbocycles. The number of hydrogen-bond donors (Lipinski definition) is 0. The first kappa shape index (κ1) is 12.2. The number of aryl methyl sites for hydroxylation is 2. The molecule has 0 amide bonds. The number of ketones is 1. The van der Waals surface area contributed by atoms with E-state index in [9.17, 15) is 4.79 Å². The molecule has 0 spiro atoms. The first-order chi connectivity index (χ1) is 9.22. The van der Waals surface area contributed by atoms with E-state index in [-0.39, 0.29) is 5.92 Å². The predicted octanol–water partition coefficient (Wildman–Crippen LogP) is 2.34. The van der Waals surface area contributed by atoms with E-state index in [0.717, 1.165) is 24.8 Å². The van der Waals surface area contributed by atoms with Gasteiger partial charge in [0.15, 0.2) is 0 Å². The van der Waals surface area contributed by atoms with Crippen molar-refractivity contribution in [3.8, 4) is 0 Å². The van der Waals surface area contributed by atoms with Crippen LogP contribution in [0.1, 0.15) is 23.1 Å². The third-order valence-electron chi connectivity index (χ3n) is 3.94. The molecule has 0 saturated heterocycles. The molecule has 0 aliphatic heterocycles. The normalized spacial score (nSPS) is 18.1. The van der Waals surface area contributed by atoms with Crippen LogP contribution in [0.5, 0.6) is 0 Å². The fourth-order valence-electron chi connectivity index (χ4n) is 2.88. The molecule has 3 heteroatoms. The molecule has 0 fully saturated rings. The molecule has 19 heavy (non-hydrogen) atoms. The highest BCUT2D eigenvalue weighted by Crippen LogP contribution is 2.26.